The molecule has 4 heterocycles. The Bertz CT molecular complexity index is 2710. The zero-order chi connectivity index (χ0) is 45.1. The van der Waals surface area contributed by atoms with E-state index in [4.69, 9.17) is 19.6 Å². The fraction of sp³-hybridized carbons (Fsp3) is 0.339. The summed E-state index contributed by atoms with van der Waals surface area (Å²) in [7, 11) is 0. The maximum Gasteiger partial charge on any atom is 2.00 e. The molecule has 344 valence electrons. The number of pyridine rings is 2. The van der Waals surface area contributed by atoms with Gasteiger partial charge in [-0.25, -0.2) is 4.98 Å². The molecule has 0 aliphatic heterocycles. The van der Waals surface area contributed by atoms with Gasteiger partial charge in [0.1, 0.15) is 0 Å². The Balaban J connectivity index is 0.00000360. The van der Waals surface area contributed by atoms with Gasteiger partial charge in [0.2, 0.25) is 0 Å². The van der Waals surface area contributed by atoms with Crippen LogP contribution in [-0.4, -0.2) is 29.7 Å². The molecule has 0 saturated heterocycles. The van der Waals surface area contributed by atoms with Gasteiger partial charge in [-0.05, 0) is 29.4 Å². The smallest absolute Gasteiger partial charge is 0.502 e. The van der Waals surface area contributed by atoms with E-state index in [1.165, 1.54) is 0 Å². The molecule has 8 nitrogen and oxygen atoms in total. The van der Waals surface area contributed by atoms with Gasteiger partial charge < -0.3 is 24.0 Å². The number of benzene rings is 4. The van der Waals surface area contributed by atoms with Crippen LogP contribution in [0.3, 0.4) is 0 Å². The van der Waals surface area contributed by atoms with Crippen LogP contribution >= 0.6 is 0 Å². The van der Waals surface area contributed by atoms with Gasteiger partial charge in [-0.2, -0.15) is 22.9 Å². The predicted octanol–water partition coefficient (Wildman–Crippen LogP) is 13.8. The molecule has 0 bridgehead atoms. The van der Waals surface area contributed by atoms with E-state index in [0.717, 1.165) is 98.0 Å². The van der Waals surface area contributed by atoms with Crippen molar-refractivity contribution in [2.45, 2.75) is 101 Å². The maximum atomic E-state index is 7.07. The molecule has 0 N–H and O–H groups in total. The minimum absolute atomic E-state index is 0. The van der Waals surface area contributed by atoms with Crippen LogP contribution in [-0.2, 0) is 67.2 Å². The van der Waals surface area contributed by atoms with E-state index in [2.05, 4.69) is 145 Å². The molecule has 0 unspecified atom stereocenters. The van der Waals surface area contributed by atoms with Crippen LogP contribution in [0.15, 0.2) is 91.4 Å². The van der Waals surface area contributed by atoms with Crippen molar-refractivity contribution in [3.05, 3.63) is 144 Å². The SMILES string of the molecule is CC(C)Cc1ccc(-c2ccccn2)[c-]c1Oc1[c-]c2c(cc1CC(C)C)c1cc(CC(C)C)c(Oc3[c-]c(-c4ccccn4)ccc3CC(C)C)[c-]c1n2-c1ncc(C(C)C)nn1.[Pd+2].[Pt+2]. The first-order valence-electron chi connectivity index (χ1n) is 22.8. The molecule has 66 heavy (non-hydrogen) atoms. The molecule has 0 spiro atoms. The molecular formula is C56H58N6O2PdPt. The first-order valence-corrected chi connectivity index (χ1v) is 22.8. The summed E-state index contributed by atoms with van der Waals surface area (Å²) in [5.74, 6) is 4.68. The zero-order valence-corrected chi connectivity index (χ0v) is 43.3. The topological polar surface area (TPSA) is 87.8 Å². The number of rotatable bonds is 16. The average Bonchev–Trinajstić information content (AvgIpc) is 3.56. The summed E-state index contributed by atoms with van der Waals surface area (Å²) in [6.07, 6.45) is 8.64. The van der Waals surface area contributed by atoms with Crippen molar-refractivity contribution in [1.82, 2.24) is 29.7 Å². The predicted molar refractivity (Wildman–Crippen MR) is 257 cm³/mol. The van der Waals surface area contributed by atoms with Crippen LogP contribution in [0.1, 0.15) is 103 Å². The summed E-state index contributed by atoms with van der Waals surface area (Å²) in [4.78, 5) is 14.2. The molecule has 8 aromatic rings. The van der Waals surface area contributed by atoms with Crippen LogP contribution in [0.4, 0.5) is 0 Å². The van der Waals surface area contributed by atoms with Gasteiger partial charge in [0.25, 0.3) is 5.95 Å². The van der Waals surface area contributed by atoms with E-state index < -0.39 is 0 Å². The molecule has 0 aliphatic rings. The van der Waals surface area contributed by atoms with E-state index in [1.54, 1.807) is 12.4 Å². The third-order valence-electron chi connectivity index (χ3n) is 11.1. The third-order valence-corrected chi connectivity index (χ3v) is 11.1. The van der Waals surface area contributed by atoms with Crippen molar-refractivity contribution in [1.29, 1.82) is 0 Å². The molecule has 0 amide bonds. The Morgan fingerprint density at radius 2 is 0.924 bits per heavy atom. The van der Waals surface area contributed by atoms with Crippen LogP contribution in [0.25, 0.3) is 50.3 Å². The fourth-order valence-corrected chi connectivity index (χ4v) is 8.15. The van der Waals surface area contributed by atoms with Crippen molar-refractivity contribution in [2.24, 2.45) is 23.7 Å². The van der Waals surface area contributed by atoms with Gasteiger partial charge in [0.15, 0.2) is 0 Å². The van der Waals surface area contributed by atoms with E-state index >= 15 is 0 Å². The summed E-state index contributed by atoms with van der Waals surface area (Å²) in [5, 5.41) is 11.4. The second-order valence-electron chi connectivity index (χ2n) is 18.9. The number of ether oxygens (including phenoxy) is 2. The van der Waals surface area contributed by atoms with Crippen molar-refractivity contribution in [3.63, 3.8) is 0 Å². The summed E-state index contributed by atoms with van der Waals surface area (Å²) in [5.41, 5.74) is 9.99. The summed E-state index contributed by atoms with van der Waals surface area (Å²) in [6, 6.07) is 39.6. The van der Waals surface area contributed by atoms with Crippen molar-refractivity contribution < 1.29 is 51.0 Å². The number of fused-ring (bicyclic) bond motifs is 3. The number of nitrogens with zero attached hydrogens (tertiary/aromatic N) is 6. The quantitative estimate of drug-likeness (QED) is 0.0703. The molecular weight excluding hydrogens is 1090 g/mol. The first kappa shape index (κ1) is 50.4. The molecule has 0 radical (unpaired) electrons. The second kappa shape index (κ2) is 22.2. The third kappa shape index (κ3) is 11.5. The minimum atomic E-state index is 0. The van der Waals surface area contributed by atoms with Crippen LogP contribution in [0.2, 0.25) is 0 Å². The molecule has 0 atom stereocenters. The van der Waals surface area contributed by atoms with Crippen molar-refractivity contribution >= 4 is 21.8 Å². The van der Waals surface area contributed by atoms with E-state index in [9.17, 15) is 0 Å². The number of aromatic nitrogens is 6. The molecule has 0 fully saturated rings. The Hall–Kier alpha value is -5.06. The Labute approximate surface area is 419 Å². The summed E-state index contributed by atoms with van der Waals surface area (Å²) in [6.45, 7) is 22.0. The van der Waals surface area contributed by atoms with Crippen LogP contribution in [0.5, 0.6) is 23.0 Å². The van der Waals surface area contributed by atoms with Crippen molar-refractivity contribution in [3.8, 4) is 51.5 Å². The molecule has 0 aliphatic carbocycles. The summed E-state index contributed by atoms with van der Waals surface area (Å²) >= 11 is 0. The van der Waals surface area contributed by atoms with Crippen molar-refractivity contribution in [2.75, 3.05) is 0 Å². The Kier molecular flexibility index (Phi) is 16.9. The first-order chi connectivity index (χ1) is 30.8. The van der Waals surface area contributed by atoms with Gasteiger partial charge in [-0.15, -0.1) is 68.8 Å². The second-order valence-corrected chi connectivity index (χ2v) is 18.9. The van der Waals surface area contributed by atoms with Crippen LogP contribution < -0.4 is 9.47 Å². The molecule has 8 rings (SSSR count). The van der Waals surface area contributed by atoms with Gasteiger partial charge in [0, 0.05) is 35.4 Å². The van der Waals surface area contributed by atoms with E-state index in [0.29, 0.717) is 52.6 Å². The fourth-order valence-electron chi connectivity index (χ4n) is 8.15. The van der Waals surface area contributed by atoms with Gasteiger partial charge in [-0.1, -0.05) is 177 Å². The summed E-state index contributed by atoms with van der Waals surface area (Å²) < 4.78 is 16.1. The standard InChI is InChI=1S/C56H58N6O2.Pd.Pt/c1-34(2)23-41-19-17-39(47-15-11-13-21-57-47)29-52(41)63-54-31-50-45(27-43(54)25-36(5)6)46-28-44(26-37(7)8)55(32-51(46)62(50)56-59-33-49(38(9)10)60-61-56)64-53-30-40(48-16-12-14-22-58-48)18-20-42(53)24-35(3)4;;/h11-22,27-28,33-38H,23-26H2,1-10H3;;/q-4;2*+2. The van der Waals surface area contributed by atoms with E-state index in [1.807, 2.05) is 47.2 Å². The minimum Gasteiger partial charge on any atom is -0.502 e. The number of hydrogen-bond acceptors (Lipinski definition) is 7. The largest absolute Gasteiger partial charge is 2.00 e. The Morgan fingerprint density at radius 1 is 0.500 bits per heavy atom. The average molecular weight is 1150 g/mol. The van der Waals surface area contributed by atoms with Gasteiger partial charge >= 0.3 is 41.5 Å². The molecule has 10 heteroatoms. The normalized spacial score (nSPS) is 11.6. The molecule has 4 aromatic heterocycles. The monoisotopic (exact) mass is 1150 g/mol. The van der Waals surface area contributed by atoms with Gasteiger partial charge in [0.05, 0.1) is 11.9 Å². The number of hydrogen-bond donors (Lipinski definition) is 0. The molecule has 0 saturated carbocycles. The molecule has 4 aromatic carbocycles. The van der Waals surface area contributed by atoms with Gasteiger partial charge in [-0.3, -0.25) is 0 Å². The maximum absolute atomic E-state index is 7.07. The van der Waals surface area contributed by atoms with E-state index in [-0.39, 0.29) is 47.4 Å². The Morgan fingerprint density at radius 3 is 1.29 bits per heavy atom. The van der Waals surface area contributed by atoms with Crippen LogP contribution in [0, 0.1) is 47.9 Å². The zero-order valence-electron chi connectivity index (χ0n) is 39.5.